The Hall–Kier alpha value is -2.55. The van der Waals surface area contributed by atoms with Gasteiger partial charge in [-0.15, -0.1) is 0 Å². The van der Waals surface area contributed by atoms with Crippen LogP contribution in [0.25, 0.3) is 0 Å². The number of hydrogen-bond donors (Lipinski definition) is 2. The number of piperazine rings is 1. The van der Waals surface area contributed by atoms with Gasteiger partial charge in [0.1, 0.15) is 0 Å². The lowest BCUT2D eigenvalue weighted by atomic mass is 10.0. The Bertz CT molecular complexity index is 1010. The van der Waals surface area contributed by atoms with E-state index < -0.39 is 0 Å². The number of anilines is 1. The van der Waals surface area contributed by atoms with Crippen LogP contribution >= 0.6 is 23.8 Å². The standard InChI is InChI=1S/C22H23ClN4O3S/c23-15-4-5-18(31)16(12-15)21(29)25-17-3-1-2-14-13-27(22(30)20(14)17)9-6-19(28)26-10-7-24-8-11-26/h1-4,12,24H,5-11,13H2,(H,25,29). The molecule has 1 fully saturated rings. The highest BCUT2D eigenvalue weighted by Gasteiger charge is 2.31. The summed E-state index contributed by atoms with van der Waals surface area (Å²) in [7, 11) is 0. The second-order valence-corrected chi connectivity index (χ2v) is 8.60. The van der Waals surface area contributed by atoms with Gasteiger partial charge < -0.3 is 20.4 Å². The number of thiocarbonyl (C=S) groups is 1. The predicted molar refractivity (Wildman–Crippen MR) is 123 cm³/mol. The zero-order valence-electron chi connectivity index (χ0n) is 16.9. The van der Waals surface area contributed by atoms with Crippen LogP contribution in [0.15, 0.2) is 41.0 Å². The topological polar surface area (TPSA) is 81.8 Å². The van der Waals surface area contributed by atoms with Gasteiger partial charge in [0.25, 0.3) is 11.8 Å². The molecule has 1 aromatic carbocycles. The van der Waals surface area contributed by atoms with E-state index in [0.29, 0.717) is 59.3 Å². The molecule has 4 rings (SSSR count). The van der Waals surface area contributed by atoms with Gasteiger partial charge in [-0.25, -0.2) is 0 Å². The lowest BCUT2D eigenvalue weighted by molar-refractivity contribution is -0.132. The molecule has 1 aliphatic carbocycles. The smallest absolute Gasteiger partial charge is 0.256 e. The first-order chi connectivity index (χ1) is 14.9. The number of benzene rings is 1. The van der Waals surface area contributed by atoms with E-state index in [1.54, 1.807) is 29.2 Å². The number of allylic oxidation sites excluding steroid dienone is 3. The molecular weight excluding hydrogens is 436 g/mol. The maximum absolute atomic E-state index is 13.0. The molecule has 0 unspecified atom stereocenters. The molecule has 2 heterocycles. The average Bonchev–Trinajstić information content (AvgIpc) is 3.10. The van der Waals surface area contributed by atoms with Crippen LogP contribution < -0.4 is 10.6 Å². The highest BCUT2D eigenvalue weighted by molar-refractivity contribution is 7.81. The van der Waals surface area contributed by atoms with Crippen LogP contribution in [0.1, 0.15) is 28.8 Å². The highest BCUT2D eigenvalue weighted by atomic mass is 35.5. The van der Waals surface area contributed by atoms with Gasteiger partial charge in [-0.3, -0.25) is 14.4 Å². The third-order valence-corrected chi connectivity index (χ3v) is 6.29. The normalized spacial score (nSPS) is 18.5. The summed E-state index contributed by atoms with van der Waals surface area (Å²) in [5, 5.41) is 6.51. The predicted octanol–water partition coefficient (Wildman–Crippen LogP) is 2.23. The van der Waals surface area contributed by atoms with Crippen molar-refractivity contribution in [3.05, 3.63) is 52.1 Å². The summed E-state index contributed by atoms with van der Waals surface area (Å²) in [6.07, 6.45) is 4.02. The van der Waals surface area contributed by atoms with Gasteiger partial charge in [-0.2, -0.15) is 0 Å². The molecule has 31 heavy (non-hydrogen) atoms. The molecule has 0 saturated carbocycles. The Kier molecular flexibility index (Phi) is 6.50. The number of rotatable bonds is 5. The van der Waals surface area contributed by atoms with E-state index in [1.807, 2.05) is 11.0 Å². The van der Waals surface area contributed by atoms with E-state index in [9.17, 15) is 14.4 Å². The van der Waals surface area contributed by atoms with Crippen LogP contribution in [0, 0.1) is 0 Å². The number of nitrogens with one attached hydrogen (secondary N) is 2. The van der Waals surface area contributed by atoms with Crippen molar-refractivity contribution >= 4 is 52.1 Å². The van der Waals surface area contributed by atoms with Crippen molar-refractivity contribution in [2.45, 2.75) is 19.4 Å². The summed E-state index contributed by atoms with van der Waals surface area (Å²) < 4.78 is 0. The highest BCUT2D eigenvalue weighted by Crippen LogP contribution is 2.30. The second-order valence-electron chi connectivity index (χ2n) is 7.68. The lowest BCUT2D eigenvalue weighted by Crippen LogP contribution is -2.47. The molecule has 0 atom stereocenters. The van der Waals surface area contributed by atoms with Gasteiger partial charge in [0.2, 0.25) is 5.91 Å². The molecule has 7 nitrogen and oxygen atoms in total. The lowest BCUT2D eigenvalue weighted by Gasteiger charge is -2.28. The maximum atomic E-state index is 13.0. The summed E-state index contributed by atoms with van der Waals surface area (Å²) in [5.41, 5.74) is 2.08. The fourth-order valence-electron chi connectivity index (χ4n) is 3.97. The third kappa shape index (κ3) is 4.71. The Morgan fingerprint density at radius 2 is 2.00 bits per heavy atom. The number of hydrogen-bond acceptors (Lipinski definition) is 5. The van der Waals surface area contributed by atoms with Crippen LogP contribution in [0.2, 0.25) is 0 Å². The van der Waals surface area contributed by atoms with Crippen molar-refractivity contribution in [3.63, 3.8) is 0 Å². The Morgan fingerprint density at radius 1 is 1.23 bits per heavy atom. The van der Waals surface area contributed by atoms with Crippen LogP contribution in [-0.4, -0.2) is 65.1 Å². The number of carbonyl (C=O) groups is 3. The molecule has 0 spiro atoms. The Labute approximate surface area is 191 Å². The van der Waals surface area contributed by atoms with E-state index >= 15 is 0 Å². The molecule has 2 N–H and O–H groups in total. The van der Waals surface area contributed by atoms with Crippen LogP contribution in [-0.2, 0) is 16.1 Å². The van der Waals surface area contributed by atoms with Crippen molar-refractivity contribution in [3.8, 4) is 0 Å². The molecule has 0 bridgehead atoms. The molecule has 2 aliphatic heterocycles. The largest absolute Gasteiger partial charge is 0.340 e. The van der Waals surface area contributed by atoms with E-state index in [1.165, 1.54) is 0 Å². The fourth-order valence-corrected chi connectivity index (χ4v) is 4.39. The van der Waals surface area contributed by atoms with E-state index in [4.69, 9.17) is 23.8 Å². The van der Waals surface area contributed by atoms with Crippen molar-refractivity contribution in [2.24, 2.45) is 0 Å². The minimum absolute atomic E-state index is 0.0569. The Balaban J connectivity index is 1.44. The molecule has 0 radical (unpaired) electrons. The zero-order valence-corrected chi connectivity index (χ0v) is 18.5. The third-order valence-electron chi connectivity index (χ3n) is 5.64. The molecule has 1 saturated heterocycles. The molecule has 162 valence electrons. The van der Waals surface area contributed by atoms with Crippen LogP contribution in [0.3, 0.4) is 0 Å². The molecule has 1 aromatic rings. The first kappa shape index (κ1) is 21.7. The fraction of sp³-hybridized carbons (Fsp3) is 0.364. The summed E-state index contributed by atoms with van der Waals surface area (Å²) in [6.45, 7) is 3.75. The molecular formula is C22H23ClN4O3S. The first-order valence-corrected chi connectivity index (χ1v) is 11.0. The van der Waals surface area contributed by atoms with Gasteiger partial charge in [-0.1, -0.05) is 42.0 Å². The number of nitrogens with zero attached hydrogens (tertiary/aromatic N) is 2. The van der Waals surface area contributed by atoms with Crippen molar-refractivity contribution in [1.82, 2.24) is 15.1 Å². The summed E-state index contributed by atoms with van der Waals surface area (Å²) in [5.74, 6) is -0.511. The number of carbonyl (C=O) groups excluding carboxylic acids is 3. The minimum atomic E-state index is -0.384. The monoisotopic (exact) mass is 458 g/mol. The van der Waals surface area contributed by atoms with E-state index in [2.05, 4.69) is 10.6 Å². The first-order valence-electron chi connectivity index (χ1n) is 10.3. The van der Waals surface area contributed by atoms with Gasteiger partial charge in [0.05, 0.1) is 16.8 Å². The van der Waals surface area contributed by atoms with Crippen molar-refractivity contribution < 1.29 is 14.4 Å². The number of amides is 3. The molecule has 3 amide bonds. The molecule has 9 heteroatoms. The van der Waals surface area contributed by atoms with Crippen molar-refractivity contribution in [1.29, 1.82) is 0 Å². The van der Waals surface area contributed by atoms with Crippen LogP contribution in [0.5, 0.6) is 0 Å². The minimum Gasteiger partial charge on any atom is -0.340 e. The second kappa shape index (κ2) is 9.30. The van der Waals surface area contributed by atoms with Crippen LogP contribution in [0.4, 0.5) is 5.69 Å². The van der Waals surface area contributed by atoms with E-state index in [0.717, 1.165) is 18.7 Å². The summed E-state index contributed by atoms with van der Waals surface area (Å²) in [6, 6.07) is 5.37. The van der Waals surface area contributed by atoms with Gasteiger partial charge in [0.15, 0.2) is 0 Å². The molecule has 3 aliphatic rings. The Morgan fingerprint density at radius 3 is 2.77 bits per heavy atom. The SMILES string of the molecule is O=C(Nc1cccc2c1C(=O)N(CCC(=O)N1CCNCC1)C2)C1=CC(Cl)=CCC1=S. The summed E-state index contributed by atoms with van der Waals surface area (Å²) >= 11 is 11.3. The van der Waals surface area contributed by atoms with Gasteiger partial charge in [0, 0.05) is 62.0 Å². The van der Waals surface area contributed by atoms with Gasteiger partial charge in [-0.05, 0) is 17.7 Å². The average molecular weight is 459 g/mol. The zero-order chi connectivity index (χ0) is 22.0. The maximum Gasteiger partial charge on any atom is 0.256 e. The van der Waals surface area contributed by atoms with Crippen molar-refractivity contribution in [2.75, 3.05) is 38.0 Å². The number of halogens is 1. The number of fused-ring (bicyclic) bond motifs is 1. The van der Waals surface area contributed by atoms with E-state index in [-0.39, 0.29) is 24.1 Å². The molecule has 0 aromatic heterocycles. The quantitative estimate of drug-likeness (QED) is 0.661. The van der Waals surface area contributed by atoms with Gasteiger partial charge >= 0.3 is 0 Å². The summed E-state index contributed by atoms with van der Waals surface area (Å²) in [4.78, 5) is 42.3.